The van der Waals surface area contributed by atoms with E-state index in [2.05, 4.69) is 33.2 Å². The van der Waals surface area contributed by atoms with Gasteiger partial charge in [-0.1, -0.05) is 6.07 Å². The van der Waals surface area contributed by atoms with Crippen molar-refractivity contribution in [3.8, 4) is 5.88 Å². The number of hydrogen-bond donors (Lipinski definition) is 1. The van der Waals surface area contributed by atoms with E-state index in [4.69, 9.17) is 14.2 Å². The predicted molar refractivity (Wildman–Crippen MR) is 118 cm³/mol. The van der Waals surface area contributed by atoms with Crippen molar-refractivity contribution < 1.29 is 19.0 Å². The van der Waals surface area contributed by atoms with Crippen LogP contribution in [0.5, 0.6) is 5.88 Å². The second kappa shape index (κ2) is 9.14. The molecule has 0 fully saturated rings. The van der Waals surface area contributed by atoms with Gasteiger partial charge in [-0.2, -0.15) is 0 Å². The van der Waals surface area contributed by atoms with Gasteiger partial charge >= 0.3 is 6.16 Å². The highest BCUT2D eigenvalue weighted by Crippen LogP contribution is 2.34. The van der Waals surface area contributed by atoms with Crippen molar-refractivity contribution in [2.24, 2.45) is 0 Å². The van der Waals surface area contributed by atoms with Crippen molar-refractivity contribution in [3.05, 3.63) is 65.6 Å². The van der Waals surface area contributed by atoms with Crippen LogP contribution < -0.4 is 4.74 Å². The topological polar surface area (TPSA) is 86.3 Å². The van der Waals surface area contributed by atoms with E-state index in [0.717, 1.165) is 34.6 Å². The van der Waals surface area contributed by atoms with E-state index in [1.807, 2.05) is 24.5 Å². The molecule has 0 radical (unpaired) electrons. The zero-order chi connectivity index (χ0) is 21.8. The Hall–Kier alpha value is -3.45. The van der Waals surface area contributed by atoms with Crippen LogP contribution >= 0.6 is 0 Å². The van der Waals surface area contributed by atoms with E-state index in [-0.39, 0.29) is 18.6 Å². The average Bonchev–Trinajstić information content (AvgIpc) is 3.12. The molecule has 0 aliphatic heterocycles. The van der Waals surface area contributed by atoms with Crippen LogP contribution in [0.15, 0.2) is 48.9 Å². The van der Waals surface area contributed by atoms with Gasteiger partial charge in [-0.3, -0.25) is 4.98 Å². The van der Waals surface area contributed by atoms with Crippen molar-refractivity contribution in [3.63, 3.8) is 0 Å². The number of aromatic nitrogens is 3. The summed E-state index contributed by atoms with van der Waals surface area (Å²) in [7, 11) is 1.60. The molecular formula is C24H25N3O4. The van der Waals surface area contributed by atoms with Gasteiger partial charge < -0.3 is 19.2 Å². The Morgan fingerprint density at radius 3 is 2.58 bits per heavy atom. The van der Waals surface area contributed by atoms with Crippen molar-refractivity contribution in [2.75, 3.05) is 7.11 Å². The van der Waals surface area contributed by atoms with E-state index in [1.54, 1.807) is 27.2 Å². The van der Waals surface area contributed by atoms with E-state index in [1.165, 1.54) is 11.1 Å². The lowest BCUT2D eigenvalue weighted by Gasteiger charge is -2.12. The normalized spacial score (nSPS) is 11.4. The van der Waals surface area contributed by atoms with Crippen molar-refractivity contribution in [2.45, 2.75) is 39.4 Å². The molecule has 3 aromatic heterocycles. The number of nitrogens with one attached hydrogen (secondary N) is 1. The Balaban J connectivity index is 1.72. The third-order valence-electron chi connectivity index (χ3n) is 5.02. The fraction of sp³-hybridized carbons (Fsp3) is 0.292. The van der Waals surface area contributed by atoms with Gasteiger partial charge in [0.2, 0.25) is 5.88 Å². The molecule has 4 rings (SSSR count). The van der Waals surface area contributed by atoms with E-state index >= 15 is 0 Å². The van der Waals surface area contributed by atoms with E-state index < -0.39 is 6.16 Å². The minimum atomic E-state index is -0.780. The maximum absolute atomic E-state index is 12.1. The number of fused-ring (bicyclic) bond motifs is 3. The summed E-state index contributed by atoms with van der Waals surface area (Å²) < 4.78 is 15.9. The zero-order valence-corrected chi connectivity index (χ0v) is 17.8. The van der Waals surface area contributed by atoms with Gasteiger partial charge in [0.25, 0.3) is 0 Å². The molecule has 7 nitrogen and oxygen atoms in total. The molecule has 3 heterocycles. The number of ether oxygens (including phenoxy) is 3. The molecule has 0 amide bonds. The first-order valence-corrected chi connectivity index (χ1v) is 10.2. The Kier molecular flexibility index (Phi) is 6.13. The van der Waals surface area contributed by atoms with Gasteiger partial charge in [0.15, 0.2) is 0 Å². The summed E-state index contributed by atoms with van der Waals surface area (Å²) in [6, 6.07) is 10.4. The zero-order valence-electron chi connectivity index (χ0n) is 17.8. The number of pyridine rings is 2. The number of carbonyl (C=O) groups excluding carboxylic acids is 1. The number of nitrogens with zero attached hydrogens (tertiary/aromatic N) is 2. The van der Waals surface area contributed by atoms with Crippen molar-refractivity contribution >= 4 is 28.0 Å². The number of benzene rings is 1. The van der Waals surface area contributed by atoms with Gasteiger partial charge in [0.05, 0.1) is 30.0 Å². The SMILES string of the molecule is COCc1c(OC(=O)OC(C)C)ncc2[nH]c3ccc(CCc4ccncc4)cc3c12. The molecule has 1 aromatic carbocycles. The summed E-state index contributed by atoms with van der Waals surface area (Å²) in [5.74, 6) is 0.197. The molecule has 31 heavy (non-hydrogen) atoms. The van der Waals surface area contributed by atoms with E-state index in [0.29, 0.717) is 5.56 Å². The number of carbonyl (C=O) groups is 1. The van der Waals surface area contributed by atoms with Gasteiger partial charge in [-0.05, 0) is 62.1 Å². The highest BCUT2D eigenvalue weighted by molar-refractivity contribution is 6.09. The molecule has 0 aliphatic carbocycles. The largest absolute Gasteiger partial charge is 0.515 e. The minimum Gasteiger partial charge on any atom is -0.431 e. The average molecular weight is 419 g/mol. The molecule has 4 aromatic rings. The Morgan fingerprint density at radius 1 is 1.06 bits per heavy atom. The summed E-state index contributed by atoms with van der Waals surface area (Å²) in [5, 5.41) is 1.98. The fourth-order valence-electron chi connectivity index (χ4n) is 3.65. The summed E-state index contributed by atoms with van der Waals surface area (Å²) >= 11 is 0. The Labute approximate surface area is 180 Å². The van der Waals surface area contributed by atoms with Crippen LogP contribution in [0.3, 0.4) is 0 Å². The number of rotatable bonds is 7. The number of aryl methyl sites for hydroxylation is 2. The molecule has 7 heteroatoms. The Bertz CT molecular complexity index is 1200. The number of hydrogen-bond acceptors (Lipinski definition) is 6. The van der Waals surface area contributed by atoms with Crippen LogP contribution in [0.25, 0.3) is 21.8 Å². The predicted octanol–water partition coefficient (Wildman–Crippen LogP) is 4.97. The Morgan fingerprint density at radius 2 is 1.84 bits per heavy atom. The number of aromatic amines is 1. The molecule has 0 atom stereocenters. The van der Waals surface area contributed by atoms with E-state index in [9.17, 15) is 4.79 Å². The second-order valence-electron chi connectivity index (χ2n) is 7.64. The molecule has 0 bridgehead atoms. The van der Waals surface area contributed by atoms with Gasteiger partial charge in [0.1, 0.15) is 0 Å². The van der Waals surface area contributed by atoms with Gasteiger partial charge in [-0.25, -0.2) is 9.78 Å². The molecule has 0 spiro atoms. The summed E-state index contributed by atoms with van der Waals surface area (Å²) in [4.78, 5) is 23.8. The first-order chi connectivity index (χ1) is 15.0. The summed E-state index contributed by atoms with van der Waals surface area (Å²) in [6.45, 7) is 3.78. The molecule has 0 unspecified atom stereocenters. The minimum absolute atomic E-state index is 0.197. The third kappa shape index (κ3) is 4.67. The maximum atomic E-state index is 12.1. The number of H-pyrrole nitrogens is 1. The molecule has 160 valence electrons. The highest BCUT2D eigenvalue weighted by Gasteiger charge is 2.19. The summed E-state index contributed by atoms with van der Waals surface area (Å²) in [6.07, 6.45) is 6.07. The molecular weight excluding hydrogens is 394 g/mol. The maximum Gasteiger partial charge on any atom is 0.515 e. The van der Waals surface area contributed by atoms with Crippen LogP contribution in [0.4, 0.5) is 4.79 Å². The fourth-order valence-corrected chi connectivity index (χ4v) is 3.65. The first-order valence-electron chi connectivity index (χ1n) is 10.2. The second-order valence-corrected chi connectivity index (χ2v) is 7.64. The van der Waals surface area contributed by atoms with Crippen LogP contribution in [-0.4, -0.2) is 34.3 Å². The summed E-state index contributed by atoms with van der Waals surface area (Å²) in [5.41, 5.74) is 5.02. The first kappa shape index (κ1) is 20.8. The van der Waals surface area contributed by atoms with Crippen molar-refractivity contribution in [1.29, 1.82) is 0 Å². The molecule has 0 saturated heterocycles. The van der Waals surface area contributed by atoms with Crippen LogP contribution in [-0.2, 0) is 28.9 Å². The van der Waals surface area contributed by atoms with Crippen LogP contribution in [0.1, 0.15) is 30.5 Å². The van der Waals surface area contributed by atoms with Gasteiger partial charge in [-0.15, -0.1) is 0 Å². The molecule has 1 N–H and O–H groups in total. The van der Waals surface area contributed by atoms with Crippen molar-refractivity contribution in [1.82, 2.24) is 15.0 Å². The lowest BCUT2D eigenvalue weighted by atomic mass is 10.0. The van der Waals surface area contributed by atoms with Crippen LogP contribution in [0, 0.1) is 0 Å². The molecule has 0 aliphatic rings. The lowest BCUT2D eigenvalue weighted by molar-refractivity contribution is 0.0705. The monoisotopic (exact) mass is 419 g/mol. The molecule has 0 saturated carbocycles. The van der Waals surface area contributed by atoms with Crippen LogP contribution in [0.2, 0.25) is 0 Å². The standard InChI is InChI=1S/C24H25N3O4/c1-15(2)30-24(28)31-23-19(14-29-3)22-18-12-17(5-4-16-8-10-25-11-9-16)6-7-20(18)27-21(22)13-26-23/h6-13,15,27H,4-5,14H2,1-3H3. The lowest BCUT2D eigenvalue weighted by Crippen LogP contribution is -2.17. The quantitative estimate of drug-likeness (QED) is 0.426. The smallest absolute Gasteiger partial charge is 0.431 e. The van der Waals surface area contributed by atoms with Gasteiger partial charge in [0, 0.05) is 35.8 Å². The third-order valence-corrected chi connectivity index (χ3v) is 5.02. The highest BCUT2D eigenvalue weighted by atomic mass is 16.7. The number of methoxy groups -OCH3 is 1.